The topological polar surface area (TPSA) is 83.6 Å². The van der Waals surface area contributed by atoms with E-state index in [-0.39, 0.29) is 10.6 Å². The van der Waals surface area contributed by atoms with Gasteiger partial charge in [0.2, 0.25) is 20.0 Å². The van der Waals surface area contributed by atoms with Crippen molar-refractivity contribution in [2.24, 2.45) is 0 Å². The van der Waals surface area contributed by atoms with E-state index < -0.39 is 20.0 Å². The van der Waals surface area contributed by atoms with Crippen LogP contribution in [0.5, 0.6) is 0 Å². The minimum Gasteiger partial charge on any atom is -0.270 e. The van der Waals surface area contributed by atoms with Crippen molar-refractivity contribution in [3.05, 3.63) is 23.8 Å². The Morgan fingerprint density at radius 3 is 2.62 bits per heavy atom. The van der Waals surface area contributed by atoms with Gasteiger partial charge in [-0.2, -0.15) is 0 Å². The fourth-order valence-electron chi connectivity index (χ4n) is 2.77. The first-order chi connectivity index (χ1) is 11.3. The number of unbranched alkanes of at least 4 members (excludes halogenated alkanes) is 2. The van der Waals surface area contributed by atoms with Gasteiger partial charge in [0.05, 0.1) is 16.3 Å². The van der Waals surface area contributed by atoms with Crippen LogP contribution in [0.15, 0.2) is 23.1 Å². The van der Waals surface area contributed by atoms with Gasteiger partial charge < -0.3 is 0 Å². The lowest BCUT2D eigenvalue weighted by molar-refractivity contribution is 0.571. The Hall–Kier alpha value is -1.12. The predicted octanol–water partition coefficient (Wildman–Crippen LogP) is 2.39. The molecule has 24 heavy (non-hydrogen) atoms. The summed E-state index contributed by atoms with van der Waals surface area (Å²) in [5, 5.41) is 0. The molecule has 1 aliphatic heterocycles. The van der Waals surface area contributed by atoms with Crippen LogP contribution in [0.3, 0.4) is 0 Å². The third-order valence-corrected chi connectivity index (χ3v) is 7.64. The summed E-state index contributed by atoms with van der Waals surface area (Å²) in [4.78, 5) is 0.150. The molecule has 0 aliphatic carbocycles. The number of anilines is 1. The molecule has 1 fully saturated rings. The van der Waals surface area contributed by atoms with Crippen LogP contribution in [-0.2, 0) is 20.0 Å². The lowest BCUT2D eigenvalue weighted by atomic mass is 10.2. The standard InChI is InChI=1S/C16H26N2O4S2/c1-3-4-5-10-17-24(21,22)16-13-15(9-8-14(16)2)18-11-6-7-12-23(18,19)20/h8-9,13,17H,3-7,10-12H2,1-2H3. The molecule has 0 aromatic heterocycles. The zero-order chi connectivity index (χ0) is 17.8. The number of sulfonamides is 2. The molecule has 136 valence electrons. The van der Waals surface area contributed by atoms with E-state index in [2.05, 4.69) is 11.6 Å². The van der Waals surface area contributed by atoms with Gasteiger partial charge in [0.1, 0.15) is 0 Å². The molecule has 1 N–H and O–H groups in total. The first kappa shape index (κ1) is 19.2. The second-order valence-corrected chi connectivity index (χ2v) is 9.90. The maximum absolute atomic E-state index is 12.5. The second kappa shape index (κ2) is 7.84. The van der Waals surface area contributed by atoms with Gasteiger partial charge in [0.25, 0.3) is 0 Å². The summed E-state index contributed by atoms with van der Waals surface area (Å²) >= 11 is 0. The number of nitrogens with zero attached hydrogens (tertiary/aromatic N) is 1. The highest BCUT2D eigenvalue weighted by molar-refractivity contribution is 7.92. The molecule has 1 aromatic carbocycles. The molecule has 1 saturated heterocycles. The van der Waals surface area contributed by atoms with E-state index in [1.807, 2.05) is 0 Å². The summed E-state index contributed by atoms with van der Waals surface area (Å²) < 4.78 is 53.5. The smallest absolute Gasteiger partial charge is 0.240 e. The van der Waals surface area contributed by atoms with Crippen LogP contribution in [0, 0.1) is 6.92 Å². The molecule has 1 aromatic rings. The van der Waals surface area contributed by atoms with Crippen LogP contribution >= 0.6 is 0 Å². The van der Waals surface area contributed by atoms with Crippen molar-refractivity contribution in [3.63, 3.8) is 0 Å². The van der Waals surface area contributed by atoms with Crippen molar-refractivity contribution >= 4 is 25.7 Å². The van der Waals surface area contributed by atoms with E-state index in [1.165, 1.54) is 10.4 Å². The van der Waals surface area contributed by atoms with Gasteiger partial charge >= 0.3 is 0 Å². The highest BCUT2D eigenvalue weighted by Gasteiger charge is 2.27. The van der Waals surface area contributed by atoms with Crippen LogP contribution < -0.4 is 9.03 Å². The van der Waals surface area contributed by atoms with E-state index in [4.69, 9.17) is 0 Å². The van der Waals surface area contributed by atoms with Gasteiger partial charge in [0, 0.05) is 13.1 Å². The lowest BCUT2D eigenvalue weighted by Crippen LogP contribution is -2.38. The Morgan fingerprint density at radius 1 is 1.21 bits per heavy atom. The van der Waals surface area contributed by atoms with Gasteiger partial charge in [0.15, 0.2) is 0 Å². The molecule has 0 atom stereocenters. The van der Waals surface area contributed by atoms with Crippen molar-refractivity contribution in [3.8, 4) is 0 Å². The molecule has 6 nitrogen and oxygen atoms in total. The van der Waals surface area contributed by atoms with Gasteiger partial charge in [-0.15, -0.1) is 0 Å². The summed E-state index contributed by atoms with van der Waals surface area (Å²) in [7, 11) is -7.00. The molecule has 0 spiro atoms. The molecular weight excluding hydrogens is 348 g/mol. The van der Waals surface area contributed by atoms with Crippen LogP contribution in [0.25, 0.3) is 0 Å². The van der Waals surface area contributed by atoms with Gasteiger partial charge in [-0.05, 0) is 43.9 Å². The van der Waals surface area contributed by atoms with Gasteiger partial charge in [-0.25, -0.2) is 21.6 Å². The molecule has 0 saturated carbocycles. The number of nitrogens with one attached hydrogen (secondary N) is 1. The zero-order valence-corrected chi connectivity index (χ0v) is 15.9. The van der Waals surface area contributed by atoms with Gasteiger partial charge in [-0.1, -0.05) is 25.8 Å². The van der Waals surface area contributed by atoms with Gasteiger partial charge in [-0.3, -0.25) is 4.31 Å². The summed E-state index contributed by atoms with van der Waals surface area (Å²) in [6, 6.07) is 4.81. The molecule has 0 amide bonds. The monoisotopic (exact) mass is 374 g/mol. The highest BCUT2D eigenvalue weighted by Crippen LogP contribution is 2.27. The van der Waals surface area contributed by atoms with Crippen molar-refractivity contribution in [2.75, 3.05) is 23.1 Å². The van der Waals surface area contributed by atoms with Crippen molar-refractivity contribution in [2.45, 2.75) is 50.8 Å². The molecule has 1 heterocycles. The molecule has 1 aliphatic rings. The van der Waals surface area contributed by atoms with Crippen LogP contribution in [0.1, 0.15) is 44.6 Å². The Bertz CT molecular complexity index is 773. The van der Waals surface area contributed by atoms with E-state index >= 15 is 0 Å². The molecule has 0 bridgehead atoms. The summed E-state index contributed by atoms with van der Waals surface area (Å²) in [6.45, 7) is 4.56. The Balaban J connectivity index is 2.28. The Morgan fingerprint density at radius 2 is 1.96 bits per heavy atom. The quantitative estimate of drug-likeness (QED) is 0.743. The molecular formula is C16H26N2O4S2. The van der Waals surface area contributed by atoms with Crippen molar-refractivity contribution < 1.29 is 16.8 Å². The Labute approximate surface area is 145 Å². The van der Waals surface area contributed by atoms with Crippen molar-refractivity contribution in [1.82, 2.24) is 4.72 Å². The molecule has 0 unspecified atom stereocenters. The third kappa shape index (κ3) is 4.49. The maximum Gasteiger partial charge on any atom is 0.240 e. The number of benzene rings is 1. The molecule has 2 rings (SSSR count). The lowest BCUT2D eigenvalue weighted by Gasteiger charge is -2.28. The average molecular weight is 375 g/mol. The average Bonchev–Trinajstić information content (AvgIpc) is 2.52. The van der Waals surface area contributed by atoms with E-state index in [0.717, 1.165) is 25.7 Å². The number of hydrogen-bond donors (Lipinski definition) is 1. The van der Waals surface area contributed by atoms with Crippen molar-refractivity contribution in [1.29, 1.82) is 0 Å². The number of rotatable bonds is 7. The third-order valence-electron chi connectivity index (χ3n) is 4.17. The Kier molecular flexibility index (Phi) is 6.28. The zero-order valence-electron chi connectivity index (χ0n) is 14.3. The summed E-state index contributed by atoms with van der Waals surface area (Å²) in [5.41, 5.74) is 1.03. The normalized spacial score (nSPS) is 17.8. The summed E-state index contributed by atoms with van der Waals surface area (Å²) in [6.07, 6.45) is 4.20. The first-order valence-electron chi connectivity index (χ1n) is 8.38. The SMILES string of the molecule is CCCCCNS(=O)(=O)c1cc(N2CCCCS2(=O)=O)ccc1C. The fraction of sp³-hybridized carbons (Fsp3) is 0.625. The minimum atomic E-state index is -3.64. The second-order valence-electron chi connectivity index (χ2n) is 6.15. The van der Waals surface area contributed by atoms with Crippen LogP contribution in [0.4, 0.5) is 5.69 Å². The fourth-order valence-corrected chi connectivity index (χ4v) is 5.74. The van der Waals surface area contributed by atoms with Crippen LogP contribution in [-0.4, -0.2) is 35.7 Å². The van der Waals surface area contributed by atoms with E-state index in [1.54, 1.807) is 19.1 Å². The maximum atomic E-state index is 12.5. The van der Waals surface area contributed by atoms with E-state index in [0.29, 0.717) is 30.8 Å². The minimum absolute atomic E-state index is 0.109. The summed E-state index contributed by atoms with van der Waals surface area (Å²) in [5.74, 6) is 0.109. The number of aryl methyl sites for hydroxylation is 1. The predicted molar refractivity (Wildman–Crippen MR) is 96.3 cm³/mol. The van der Waals surface area contributed by atoms with E-state index in [9.17, 15) is 16.8 Å². The molecule has 8 heteroatoms. The highest BCUT2D eigenvalue weighted by atomic mass is 32.2. The number of hydrogen-bond acceptors (Lipinski definition) is 4. The first-order valence-corrected chi connectivity index (χ1v) is 11.5. The molecule has 0 radical (unpaired) electrons. The van der Waals surface area contributed by atoms with Crippen LogP contribution in [0.2, 0.25) is 0 Å². The largest absolute Gasteiger partial charge is 0.270 e.